The van der Waals surface area contributed by atoms with Gasteiger partial charge in [0.1, 0.15) is 23.1 Å². The standard InChI is InChI=1S/C23H32O4/c1-13(24)19-5-18(6-20(19)14(2)25)23-9-17-7-21(11-23,15(3)26)10-22(8-17,12-23)16(4)27/h17-20H,5-12H2,1-4H3. The summed E-state index contributed by atoms with van der Waals surface area (Å²) < 4.78 is 0. The van der Waals surface area contributed by atoms with Gasteiger partial charge < -0.3 is 0 Å². The first kappa shape index (κ1) is 19.0. The predicted molar refractivity (Wildman–Crippen MR) is 101 cm³/mol. The molecule has 4 atom stereocenters. The van der Waals surface area contributed by atoms with Crippen molar-refractivity contribution in [3.05, 3.63) is 0 Å². The maximum atomic E-state index is 12.7. The van der Waals surface area contributed by atoms with Crippen LogP contribution in [0.2, 0.25) is 0 Å². The zero-order valence-electron chi connectivity index (χ0n) is 17.1. The number of rotatable bonds is 5. The van der Waals surface area contributed by atoms with E-state index in [9.17, 15) is 19.2 Å². The molecule has 0 spiro atoms. The zero-order valence-corrected chi connectivity index (χ0v) is 17.1. The molecule has 4 bridgehead atoms. The van der Waals surface area contributed by atoms with Crippen LogP contribution >= 0.6 is 0 Å². The molecule has 5 fully saturated rings. The van der Waals surface area contributed by atoms with Crippen LogP contribution in [0.5, 0.6) is 0 Å². The molecule has 0 heterocycles. The molecule has 4 heteroatoms. The molecular formula is C23H32O4. The molecule has 4 unspecified atom stereocenters. The molecule has 0 aromatic carbocycles. The molecule has 0 aliphatic heterocycles. The number of carbonyl (C=O) groups excluding carboxylic acids is 4. The van der Waals surface area contributed by atoms with Gasteiger partial charge in [-0.1, -0.05) is 0 Å². The van der Waals surface area contributed by atoms with E-state index in [2.05, 4.69) is 0 Å². The lowest BCUT2D eigenvalue weighted by atomic mass is 9.36. The zero-order chi connectivity index (χ0) is 19.8. The summed E-state index contributed by atoms with van der Waals surface area (Å²) in [5.74, 6) is 1.07. The van der Waals surface area contributed by atoms with Gasteiger partial charge in [-0.15, -0.1) is 0 Å². The molecule has 0 aromatic heterocycles. The third-order valence-electron chi connectivity index (χ3n) is 9.08. The van der Waals surface area contributed by atoms with Crippen molar-refractivity contribution in [3.8, 4) is 0 Å². The maximum Gasteiger partial charge on any atom is 0.136 e. The van der Waals surface area contributed by atoms with Crippen molar-refractivity contribution in [1.82, 2.24) is 0 Å². The van der Waals surface area contributed by atoms with Crippen molar-refractivity contribution < 1.29 is 19.2 Å². The minimum absolute atomic E-state index is 0.0470. The minimum Gasteiger partial charge on any atom is -0.300 e. The van der Waals surface area contributed by atoms with E-state index in [-0.39, 0.29) is 57.1 Å². The van der Waals surface area contributed by atoms with Crippen LogP contribution in [-0.2, 0) is 19.2 Å². The Bertz CT molecular complexity index is 683. The molecule has 0 saturated heterocycles. The van der Waals surface area contributed by atoms with E-state index in [1.807, 2.05) is 0 Å². The second-order valence-corrected chi connectivity index (χ2v) is 10.6. The second kappa shape index (κ2) is 5.84. The van der Waals surface area contributed by atoms with Gasteiger partial charge in [0.25, 0.3) is 0 Å². The predicted octanol–water partition coefficient (Wildman–Crippen LogP) is 3.94. The molecular weight excluding hydrogens is 340 g/mol. The Labute approximate surface area is 161 Å². The summed E-state index contributed by atoms with van der Waals surface area (Å²) >= 11 is 0. The lowest BCUT2D eigenvalue weighted by Gasteiger charge is -2.67. The van der Waals surface area contributed by atoms with Gasteiger partial charge in [0.15, 0.2) is 0 Å². The molecule has 0 N–H and O–H groups in total. The van der Waals surface area contributed by atoms with Crippen molar-refractivity contribution >= 4 is 23.1 Å². The molecule has 5 aliphatic carbocycles. The van der Waals surface area contributed by atoms with Crippen molar-refractivity contribution in [2.24, 2.45) is 39.9 Å². The molecule has 5 rings (SSSR count). The molecule has 148 valence electrons. The van der Waals surface area contributed by atoms with Crippen LogP contribution in [0.3, 0.4) is 0 Å². The van der Waals surface area contributed by atoms with Gasteiger partial charge in [0.2, 0.25) is 0 Å². The third-order valence-corrected chi connectivity index (χ3v) is 9.08. The highest BCUT2D eigenvalue weighted by molar-refractivity contribution is 5.89. The van der Waals surface area contributed by atoms with E-state index in [4.69, 9.17) is 0 Å². The van der Waals surface area contributed by atoms with Crippen LogP contribution in [0.4, 0.5) is 0 Å². The van der Waals surface area contributed by atoms with E-state index in [1.165, 1.54) is 0 Å². The number of hydrogen-bond acceptors (Lipinski definition) is 4. The van der Waals surface area contributed by atoms with Gasteiger partial charge in [0.05, 0.1) is 0 Å². The average Bonchev–Trinajstić information content (AvgIpc) is 3.00. The van der Waals surface area contributed by atoms with E-state index in [1.54, 1.807) is 27.7 Å². The first-order chi connectivity index (χ1) is 12.5. The molecule has 0 aromatic rings. The Hall–Kier alpha value is -1.32. The molecule has 4 nitrogen and oxygen atoms in total. The van der Waals surface area contributed by atoms with Crippen molar-refractivity contribution in [3.63, 3.8) is 0 Å². The smallest absolute Gasteiger partial charge is 0.136 e. The molecule has 0 radical (unpaired) electrons. The summed E-state index contributed by atoms with van der Waals surface area (Å²) in [5, 5.41) is 0. The largest absolute Gasteiger partial charge is 0.300 e. The fraction of sp³-hybridized carbons (Fsp3) is 0.826. The van der Waals surface area contributed by atoms with Gasteiger partial charge >= 0.3 is 0 Å². The average molecular weight is 373 g/mol. The molecule has 5 saturated carbocycles. The Morgan fingerprint density at radius 1 is 0.667 bits per heavy atom. The number of Topliss-reactive ketones (excluding diaryl/α,β-unsaturated/α-hetero) is 4. The minimum atomic E-state index is -0.356. The van der Waals surface area contributed by atoms with Gasteiger partial charge in [0, 0.05) is 22.7 Å². The van der Waals surface area contributed by atoms with Crippen LogP contribution in [0.25, 0.3) is 0 Å². The van der Waals surface area contributed by atoms with Crippen molar-refractivity contribution in [2.45, 2.75) is 79.1 Å². The van der Waals surface area contributed by atoms with Crippen LogP contribution in [0.1, 0.15) is 79.1 Å². The van der Waals surface area contributed by atoms with Crippen molar-refractivity contribution in [1.29, 1.82) is 0 Å². The van der Waals surface area contributed by atoms with Crippen molar-refractivity contribution in [2.75, 3.05) is 0 Å². The molecule has 27 heavy (non-hydrogen) atoms. The lowest BCUT2D eigenvalue weighted by Crippen LogP contribution is -2.62. The normalized spacial score (nSPS) is 47.9. The highest BCUT2D eigenvalue weighted by Crippen LogP contribution is 2.73. The summed E-state index contributed by atoms with van der Waals surface area (Å²) in [4.78, 5) is 49.9. The Morgan fingerprint density at radius 2 is 1.11 bits per heavy atom. The fourth-order valence-corrected chi connectivity index (χ4v) is 8.19. The first-order valence-corrected chi connectivity index (χ1v) is 10.6. The summed E-state index contributed by atoms with van der Waals surface area (Å²) in [5.41, 5.74) is -0.759. The van der Waals surface area contributed by atoms with Crippen LogP contribution in [-0.4, -0.2) is 23.1 Å². The maximum absolute atomic E-state index is 12.7. The van der Waals surface area contributed by atoms with Gasteiger partial charge in [-0.05, 0) is 96.3 Å². The van der Waals surface area contributed by atoms with E-state index < -0.39 is 0 Å². The van der Waals surface area contributed by atoms with Crippen LogP contribution < -0.4 is 0 Å². The SMILES string of the molecule is CC(=O)C1CC(C23CC4CC(C(C)=O)(CC(C(C)=O)(C4)C2)C3)CC1C(C)=O. The summed E-state index contributed by atoms with van der Waals surface area (Å²) in [6.45, 7) is 6.63. The van der Waals surface area contributed by atoms with E-state index in [0.29, 0.717) is 5.92 Å². The monoisotopic (exact) mass is 372 g/mol. The Kier molecular flexibility index (Phi) is 4.11. The van der Waals surface area contributed by atoms with E-state index in [0.717, 1.165) is 51.4 Å². The topological polar surface area (TPSA) is 68.3 Å². The quantitative estimate of drug-likeness (QED) is 0.733. The number of carbonyl (C=O) groups is 4. The number of ketones is 4. The lowest BCUT2D eigenvalue weighted by molar-refractivity contribution is -0.189. The number of hydrogen-bond donors (Lipinski definition) is 0. The fourth-order valence-electron chi connectivity index (χ4n) is 8.19. The highest BCUT2D eigenvalue weighted by Gasteiger charge is 2.68. The highest BCUT2D eigenvalue weighted by atomic mass is 16.1. The van der Waals surface area contributed by atoms with Gasteiger partial charge in [-0.3, -0.25) is 19.2 Å². The van der Waals surface area contributed by atoms with Gasteiger partial charge in [-0.2, -0.15) is 0 Å². The first-order valence-electron chi connectivity index (χ1n) is 10.6. The Morgan fingerprint density at radius 3 is 1.48 bits per heavy atom. The molecule has 5 aliphatic rings. The van der Waals surface area contributed by atoms with Crippen LogP contribution in [0.15, 0.2) is 0 Å². The summed E-state index contributed by atoms with van der Waals surface area (Å²) in [6.07, 6.45) is 6.89. The third kappa shape index (κ3) is 2.61. The summed E-state index contributed by atoms with van der Waals surface area (Å²) in [6, 6.07) is 0. The Balaban J connectivity index is 1.74. The molecule has 0 amide bonds. The van der Waals surface area contributed by atoms with Crippen LogP contribution in [0, 0.1) is 39.9 Å². The van der Waals surface area contributed by atoms with E-state index >= 15 is 0 Å². The second-order valence-electron chi connectivity index (χ2n) is 10.6. The summed E-state index contributed by atoms with van der Waals surface area (Å²) in [7, 11) is 0. The van der Waals surface area contributed by atoms with Gasteiger partial charge in [-0.25, -0.2) is 0 Å².